The van der Waals surface area contributed by atoms with Gasteiger partial charge in [-0.1, -0.05) is 23.8 Å². The standard InChI is InChI=1S/C11H17NO/c1-10(13)12(2)9-8-11-6-4-3-5-7-11/h4,6-7H,3,5,8-9H2,1-2H3. The van der Waals surface area contributed by atoms with E-state index in [1.165, 1.54) is 5.57 Å². The number of allylic oxidation sites excluding steroid dienone is 3. The molecule has 0 aromatic heterocycles. The molecule has 1 rings (SSSR count). The highest BCUT2D eigenvalue weighted by molar-refractivity contribution is 5.72. The van der Waals surface area contributed by atoms with Crippen LogP contribution in [0.3, 0.4) is 0 Å². The maximum absolute atomic E-state index is 10.9. The molecule has 0 atom stereocenters. The summed E-state index contributed by atoms with van der Waals surface area (Å²) < 4.78 is 0. The molecule has 0 saturated carbocycles. The van der Waals surface area contributed by atoms with Gasteiger partial charge < -0.3 is 4.90 Å². The zero-order chi connectivity index (χ0) is 9.68. The van der Waals surface area contributed by atoms with Crippen molar-refractivity contribution in [2.45, 2.75) is 26.2 Å². The van der Waals surface area contributed by atoms with E-state index >= 15 is 0 Å². The quantitative estimate of drug-likeness (QED) is 0.650. The van der Waals surface area contributed by atoms with Gasteiger partial charge in [0.15, 0.2) is 0 Å². The lowest BCUT2D eigenvalue weighted by Crippen LogP contribution is -2.25. The van der Waals surface area contributed by atoms with E-state index in [9.17, 15) is 4.79 Å². The van der Waals surface area contributed by atoms with Crippen molar-refractivity contribution in [3.63, 3.8) is 0 Å². The zero-order valence-corrected chi connectivity index (χ0v) is 8.42. The van der Waals surface area contributed by atoms with Crippen molar-refractivity contribution in [3.8, 4) is 0 Å². The third-order valence-corrected chi connectivity index (χ3v) is 2.35. The van der Waals surface area contributed by atoms with Crippen molar-refractivity contribution in [2.24, 2.45) is 0 Å². The number of nitrogens with zero attached hydrogens (tertiary/aromatic N) is 1. The number of hydrogen-bond donors (Lipinski definition) is 0. The molecule has 0 aliphatic heterocycles. The summed E-state index contributed by atoms with van der Waals surface area (Å²) in [5.41, 5.74) is 1.36. The van der Waals surface area contributed by atoms with Crippen molar-refractivity contribution in [3.05, 3.63) is 23.8 Å². The molecule has 0 N–H and O–H groups in total. The Morgan fingerprint density at radius 3 is 2.85 bits per heavy atom. The second-order valence-electron chi connectivity index (χ2n) is 3.45. The Hall–Kier alpha value is -1.05. The van der Waals surface area contributed by atoms with Gasteiger partial charge in [-0.25, -0.2) is 0 Å². The first kappa shape index (κ1) is 10.0. The van der Waals surface area contributed by atoms with Crippen LogP contribution in [0.5, 0.6) is 0 Å². The minimum absolute atomic E-state index is 0.139. The SMILES string of the molecule is CC(=O)N(C)CCC1=CCCC=C1. The van der Waals surface area contributed by atoms with Gasteiger partial charge >= 0.3 is 0 Å². The maximum atomic E-state index is 10.9. The summed E-state index contributed by atoms with van der Waals surface area (Å²) in [5, 5.41) is 0. The molecule has 0 heterocycles. The molecule has 0 aromatic carbocycles. The molecule has 1 aliphatic carbocycles. The van der Waals surface area contributed by atoms with E-state index in [0.29, 0.717) is 0 Å². The molecule has 0 spiro atoms. The molecule has 72 valence electrons. The topological polar surface area (TPSA) is 20.3 Å². The second kappa shape index (κ2) is 4.85. The van der Waals surface area contributed by atoms with Crippen LogP contribution in [-0.4, -0.2) is 24.4 Å². The van der Waals surface area contributed by atoms with Crippen LogP contribution in [0.1, 0.15) is 26.2 Å². The molecule has 0 saturated heterocycles. The van der Waals surface area contributed by atoms with Gasteiger partial charge in [-0.05, 0) is 19.3 Å². The fourth-order valence-electron chi connectivity index (χ4n) is 1.31. The molecular formula is C11H17NO. The van der Waals surface area contributed by atoms with Gasteiger partial charge in [0.25, 0.3) is 0 Å². The summed E-state index contributed by atoms with van der Waals surface area (Å²) in [6.45, 7) is 2.43. The molecule has 13 heavy (non-hydrogen) atoms. The van der Waals surface area contributed by atoms with Crippen LogP contribution in [0.2, 0.25) is 0 Å². The first-order valence-electron chi connectivity index (χ1n) is 4.77. The van der Waals surface area contributed by atoms with E-state index in [-0.39, 0.29) is 5.91 Å². The molecule has 1 amide bonds. The Morgan fingerprint density at radius 1 is 1.54 bits per heavy atom. The number of carbonyl (C=O) groups excluding carboxylic acids is 1. The van der Waals surface area contributed by atoms with E-state index in [2.05, 4.69) is 18.2 Å². The third-order valence-electron chi connectivity index (χ3n) is 2.35. The molecule has 0 aromatic rings. The largest absolute Gasteiger partial charge is 0.346 e. The van der Waals surface area contributed by atoms with Crippen LogP contribution < -0.4 is 0 Å². The molecule has 0 radical (unpaired) electrons. The van der Waals surface area contributed by atoms with Crippen molar-refractivity contribution >= 4 is 5.91 Å². The second-order valence-corrected chi connectivity index (χ2v) is 3.45. The first-order valence-corrected chi connectivity index (χ1v) is 4.77. The normalized spacial score (nSPS) is 15.4. The number of hydrogen-bond acceptors (Lipinski definition) is 1. The Labute approximate surface area is 79.9 Å². The van der Waals surface area contributed by atoms with Crippen LogP contribution in [0.4, 0.5) is 0 Å². The Bertz CT molecular complexity index is 240. The number of rotatable bonds is 3. The summed E-state index contributed by atoms with van der Waals surface area (Å²) in [7, 11) is 1.84. The zero-order valence-electron chi connectivity index (χ0n) is 8.42. The van der Waals surface area contributed by atoms with Crippen molar-refractivity contribution in [1.29, 1.82) is 0 Å². The lowest BCUT2D eigenvalue weighted by molar-refractivity contribution is -0.127. The number of amides is 1. The molecule has 2 nitrogen and oxygen atoms in total. The van der Waals surface area contributed by atoms with E-state index in [4.69, 9.17) is 0 Å². The highest BCUT2D eigenvalue weighted by atomic mass is 16.2. The molecule has 0 fully saturated rings. The highest BCUT2D eigenvalue weighted by Gasteiger charge is 2.03. The van der Waals surface area contributed by atoms with E-state index in [1.54, 1.807) is 11.8 Å². The predicted molar refractivity (Wildman–Crippen MR) is 54.4 cm³/mol. The fourth-order valence-corrected chi connectivity index (χ4v) is 1.31. The van der Waals surface area contributed by atoms with Crippen LogP contribution in [-0.2, 0) is 4.79 Å². The van der Waals surface area contributed by atoms with Crippen molar-refractivity contribution in [2.75, 3.05) is 13.6 Å². The van der Waals surface area contributed by atoms with Crippen LogP contribution in [0.25, 0.3) is 0 Å². The minimum Gasteiger partial charge on any atom is -0.346 e. The third kappa shape index (κ3) is 3.45. The lowest BCUT2D eigenvalue weighted by Gasteiger charge is -2.15. The fraction of sp³-hybridized carbons (Fsp3) is 0.545. The van der Waals surface area contributed by atoms with Crippen LogP contribution in [0, 0.1) is 0 Å². The smallest absolute Gasteiger partial charge is 0.219 e. The Morgan fingerprint density at radius 2 is 2.31 bits per heavy atom. The summed E-state index contributed by atoms with van der Waals surface area (Å²) in [4.78, 5) is 12.7. The van der Waals surface area contributed by atoms with E-state index in [0.717, 1.165) is 25.8 Å². The Balaban J connectivity index is 2.29. The van der Waals surface area contributed by atoms with E-state index in [1.807, 2.05) is 7.05 Å². The van der Waals surface area contributed by atoms with Gasteiger partial charge in [-0.3, -0.25) is 4.79 Å². The Kier molecular flexibility index (Phi) is 3.74. The molecule has 2 heteroatoms. The lowest BCUT2D eigenvalue weighted by atomic mass is 10.0. The van der Waals surface area contributed by atoms with Crippen LogP contribution in [0.15, 0.2) is 23.8 Å². The van der Waals surface area contributed by atoms with Gasteiger partial charge in [0, 0.05) is 20.5 Å². The molecule has 1 aliphatic rings. The van der Waals surface area contributed by atoms with Gasteiger partial charge in [-0.2, -0.15) is 0 Å². The number of carbonyl (C=O) groups is 1. The van der Waals surface area contributed by atoms with Gasteiger partial charge in [0.2, 0.25) is 5.91 Å². The summed E-state index contributed by atoms with van der Waals surface area (Å²) in [6, 6.07) is 0. The predicted octanol–water partition coefficient (Wildman–Crippen LogP) is 2.13. The highest BCUT2D eigenvalue weighted by Crippen LogP contribution is 2.12. The summed E-state index contributed by atoms with van der Waals surface area (Å²) in [6.07, 6.45) is 9.91. The summed E-state index contributed by atoms with van der Waals surface area (Å²) in [5.74, 6) is 0.139. The summed E-state index contributed by atoms with van der Waals surface area (Å²) >= 11 is 0. The van der Waals surface area contributed by atoms with Crippen LogP contribution >= 0.6 is 0 Å². The average molecular weight is 179 g/mol. The molecule has 0 bridgehead atoms. The van der Waals surface area contributed by atoms with Crippen molar-refractivity contribution in [1.82, 2.24) is 4.90 Å². The monoisotopic (exact) mass is 179 g/mol. The maximum Gasteiger partial charge on any atom is 0.219 e. The van der Waals surface area contributed by atoms with E-state index < -0.39 is 0 Å². The average Bonchev–Trinajstić information content (AvgIpc) is 2.15. The van der Waals surface area contributed by atoms with Gasteiger partial charge in [0.1, 0.15) is 0 Å². The minimum atomic E-state index is 0.139. The van der Waals surface area contributed by atoms with Crippen molar-refractivity contribution < 1.29 is 4.79 Å². The van der Waals surface area contributed by atoms with Gasteiger partial charge in [0.05, 0.1) is 0 Å². The first-order chi connectivity index (χ1) is 6.20. The molecular weight excluding hydrogens is 162 g/mol. The molecule has 0 unspecified atom stereocenters. The van der Waals surface area contributed by atoms with Gasteiger partial charge in [-0.15, -0.1) is 0 Å².